The lowest BCUT2D eigenvalue weighted by Crippen LogP contribution is -2.13. The number of nitrogens with zero attached hydrogens (tertiary/aromatic N) is 7. The van der Waals surface area contributed by atoms with Crippen molar-refractivity contribution in [3.8, 4) is 17.3 Å². The van der Waals surface area contributed by atoms with Gasteiger partial charge in [-0.3, -0.25) is 9.48 Å². The highest BCUT2D eigenvalue weighted by molar-refractivity contribution is 6.13. The van der Waals surface area contributed by atoms with E-state index in [9.17, 15) is 4.79 Å². The highest BCUT2D eigenvalue weighted by atomic mass is 16.3. The lowest BCUT2D eigenvalue weighted by molar-refractivity contribution is 0.102. The van der Waals surface area contributed by atoms with E-state index in [2.05, 4.69) is 30.5 Å². The zero-order valence-corrected chi connectivity index (χ0v) is 16.1. The Morgan fingerprint density at radius 2 is 2.13 bits per heavy atom. The Morgan fingerprint density at radius 3 is 2.83 bits per heavy atom. The molecule has 0 fully saturated rings. The van der Waals surface area contributed by atoms with E-state index >= 15 is 0 Å². The van der Waals surface area contributed by atoms with Gasteiger partial charge >= 0.3 is 0 Å². The van der Waals surface area contributed by atoms with E-state index in [4.69, 9.17) is 4.42 Å². The lowest BCUT2D eigenvalue weighted by Gasteiger charge is -2.09. The van der Waals surface area contributed by atoms with Gasteiger partial charge in [-0.2, -0.15) is 10.2 Å². The van der Waals surface area contributed by atoms with Gasteiger partial charge in [0.25, 0.3) is 5.91 Å². The van der Waals surface area contributed by atoms with Crippen LogP contribution in [-0.2, 0) is 7.05 Å². The molecule has 0 unspecified atom stereocenters. The third kappa shape index (κ3) is 3.00. The molecule has 0 aliphatic carbocycles. The standard InChI is InChI=1S/C20H16N8O2/c1-12-18-14(8-15(16-4-3-7-30-16)25-19(18)27(2)26-12)20(29)24-13-5-6-17(22-9-13)28-11-21-10-23-28/h3-11H,1-2H3,(H,24,29). The minimum absolute atomic E-state index is 0.290. The molecule has 5 aromatic heterocycles. The van der Waals surface area contributed by atoms with E-state index < -0.39 is 0 Å². The van der Waals surface area contributed by atoms with Crippen molar-refractivity contribution in [1.82, 2.24) is 34.5 Å². The number of amides is 1. The number of furan rings is 1. The smallest absolute Gasteiger partial charge is 0.256 e. The summed E-state index contributed by atoms with van der Waals surface area (Å²) < 4.78 is 8.66. The Kier molecular flexibility index (Phi) is 4.09. The monoisotopic (exact) mass is 400 g/mol. The maximum atomic E-state index is 13.2. The maximum absolute atomic E-state index is 13.2. The van der Waals surface area contributed by atoms with Crippen LogP contribution in [0.5, 0.6) is 0 Å². The van der Waals surface area contributed by atoms with Crippen LogP contribution in [0.3, 0.4) is 0 Å². The molecule has 0 saturated carbocycles. The first-order chi connectivity index (χ1) is 14.6. The van der Waals surface area contributed by atoms with E-state index in [0.29, 0.717) is 39.6 Å². The number of pyridine rings is 2. The highest BCUT2D eigenvalue weighted by Gasteiger charge is 2.20. The third-order valence-electron chi connectivity index (χ3n) is 4.65. The fraction of sp³-hybridized carbons (Fsp3) is 0.100. The molecule has 5 rings (SSSR count). The summed E-state index contributed by atoms with van der Waals surface area (Å²) in [6.45, 7) is 1.85. The van der Waals surface area contributed by atoms with Gasteiger partial charge in [-0.25, -0.2) is 19.6 Å². The first kappa shape index (κ1) is 17.7. The molecule has 1 N–H and O–H groups in total. The SMILES string of the molecule is Cc1nn(C)c2nc(-c3ccco3)cc(C(=O)Nc3ccc(-n4cncn4)nc3)c12. The molecule has 0 aliphatic rings. The Labute approximate surface area is 170 Å². The van der Waals surface area contributed by atoms with Crippen molar-refractivity contribution < 1.29 is 9.21 Å². The first-order valence-electron chi connectivity index (χ1n) is 9.11. The highest BCUT2D eigenvalue weighted by Crippen LogP contribution is 2.27. The molecule has 5 heterocycles. The number of hydrogen-bond donors (Lipinski definition) is 1. The number of nitrogens with one attached hydrogen (secondary N) is 1. The molecular formula is C20H16N8O2. The van der Waals surface area contributed by atoms with E-state index in [1.807, 2.05) is 6.92 Å². The quantitative estimate of drug-likeness (QED) is 0.493. The Morgan fingerprint density at radius 1 is 1.23 bits per heavy atom. The molecule has 0 atom stereocenters. The second-order valence-electron chi connectivity index (χ2n) is 6.64. The minimum Gasteiger partial charge on any atom is -0.463 e. The Hall–Kier alpha value is -4.34. The van der Waals surface area contributed by atoms with Gasteiger partial charge in [0, 0.05) is 7.05 Å². The first-order valence-corrected chi connectivity index (χ1v) is 9.11. The summed E-state index contributed by atoms with van der Waals surface area (Å²) in [5.74, 6) is 0.880. The topological polar surface area (TPSA) is 117 Å². The van der Waals surface area contributed by atoms with Gasteiger partial charge in [-0.05, 0) is 37.3 Å². The van der Waals surface area contributed by atoms with Gasteiger partial charge in [0.15, 0.2) is 17.2 Å². The van der Waals surface area contributed by atoms with Crippen LogP contribution in [0.15, 0.2) is 59.9 Å². The van der Waals surface area contributed by atoms with Crippen molar-refractivity contribution in [2.45, 2.75) is 6.92 Å². The molecular weight excluding hydrogens is 384 g/mol. The van der Waals surface area contributed by atoms with E-state index in [0.717, 1.165) is 5.69 Å². The van der Waals surface area contributed by atoms with Crippen molar-refractivity contribution in [3.63, 3.8) is 0 Å². The van der Waals surface area contributed by atoms with Crippen molar-refractivity contribution in [3.05, 3.63) is 66.7 Å². The number of carbonyl (C=O) groups excluding carboxylic acids is 1. The Balaban J connectivity index is 1.52. The van der Waals surface area contributed by atoms with Crippen molar-refractivity contribution in [2.75, 3.05) is 5.32 Å². The summed E-state index contributed by atoms with van der Waals surface area (Å²) in [5.41, 5.74) is 2.88. The predicted molar refractivity (Wildman–Crippen MR) is 108 cm³/mol. The Bertz CT molecular complexity index is 1340. The number of aromatic nitrogens is 7. The van der Waals surface area contributed by atoms with Crippen molar-refractivity contribution >= 4 is 22.6 Å². The number of anilines is 1. The molecule has 5 aromatic rings. The zero-order chi connectivity index (χ0) is 20.7. The summed E-state index contributed by atoms with van der Waals surface area (Å²) in [4.78, 5) is 26.0. The van der Waals surface area contributed by atoms with Crippen LogP contribution in [0.4, 0.5) is 5.69 Å². The van der Waals surface area contributed by atoms with E-state index in [-0.39, 0.29) is 5.91 Å². The molecule has 0 saturated heterocycles. The minimum atomic E-state index is -0.290. The van der Waals surface area contributed by atoms with Crippen molar-refractivity contribution in [2.24, 2.45) is 7.05 Å². The molecule has 1 amide bonds. The van der Waals surface area contributed by atoms with Gasteiger partial charge in [0.2, 0.25) is 0 Å². The molecule has 148 valence electrons. The fourth-order valence-corrected chi connectivity index (χ4v) is 3.29. The van der Waals surface area contributed by atoms with Gasteiger partial charge in [0.1, 0.15) is 18.3 Å². The molecule has 0 bridgehead atoms. The maximum Gasteiger partial charge on any atom is 0.256 e. The summed E-state index contributed by atoms with van der Waals surface area (Å²) >= 11 is 0. The van der Waals surface area contributed by atoms with Gasteiger partial charge in [-0.1, -0.05) is 0 Å². The zero-order valence-electron chi connectivity index (χ0n) is 16.1. The summed E-state index contributed by atoms with van der Waals surface area (Å²) in [6.07, 6.45) is 6.11. The molecule has 10 heteroatoms. The van der Waals surface area contributed by atoms with Crippen LogP contribution in [0, 0.1) is 6.92 Å². The van der Waals surface area contributed by atoms with E-state index in [1.165, 1.54) is 11.0 Å². The van der Waals surface area contributed by atoms with Gasteiger partial charge in [0.05, 0.1) is 34.8 Å². The van der Waals surface area contributed by atoms with Crippen LogP contribution in [0.25, 0.3) is 28.3 Å². The largest absolute Gasteiger partial charge is 0.463 e. The average Bonchev–Trinajstić information content (AvgIpc) is 3.51. The van der Waals surface area contributed by atoms with Crippen LogP contribution in [0.2, 0.25) is 0 Å². The van der Waals surface area contributed by atoms with Crippen LogP contribution < -0.4 is 5.32 Å². The number of carbonyl (C=O) groups is 1. The summed E-state index contributed by atoms with van der Waals surface area (Å²) in [6, 6.07) is 8.78. The molecule has 0 spiro atoms. The number of hydrogen-bond acceptors (Lipinski definition) is 7. The van der Waals surface area contributed by atoms with Crippen LogP contribution in [0.1, 0.15) is 16.1 Å². The number of aryl methyl sites for hydroxylation is 2. The van der Waals surface area contributed by atoms with E-state index in [1.54, 1.807) is 60.8 Å². The summed E-state index contributed by atoms with van der Waals surface area (Å²) in [7, 11) is 1.79. The molecule has 10 nitrogen and oxygen atoms in total. The third-order valence-corrected chi connectivity index (χ3v) is 4.65. The molecule has 0 radical (unpaired) electrons. The van der Waals surface area contributed by atoms with Crippen LogP contribution in [-0.4, -0.2) is 40.4 Å². The molecule has 0 aliphatic heterocycles. The van der Waals surface area contributed by atoms with Gasteiger partial charge in [-0.15, -0.1) is 0 Å². The molecule has 30 heavy (non-hydrogen) atoms. The van der Waals surface area contributed by atoms with Crippen LogP contribution >= 0.6 is 0 Å². The van der Waals surface area contributed by atoms with Crippen molar-refractivity contribution in [1.29, 1.82) is 0 Å². The fourth-order valence-electron chi connectivity index (χ4n) is 3.29. The number of fused-ring (bicyclic) bond motifs is 1. The normalized spacial score (nSPS) is 11.1. The molecule has 0 aromatic carbocycles. The second-order valence-corrected chi connectivity index (χ2v) is 6.64. The predicted octanol–water partition coefficient (Wildman–Crippen LogP) is 2.76. The number of rotatable bonds is 4. The lowest BCUT2D eigenvalue weighted by atomic mass is 10.1. The second kappa shape index (κ2) is 6.92. The van der Waals surface area contributed by atoms with Gasteiger partial charge < -0.3 is 9.73 Å². The summed E-state index contributed by atoms with van der Waals surface area (Å²) in [5, 5.41) is 12.0. The average molecular weight is 400 g/mol.